The van der Waals surface area contributed by atoms with E-state index < -0.39 is 0 Å². The predicted octanol–water partition coefficient (Wildman–Crippen LogP) is 4.72. The standard InChI is InChI=1S/C25H24Cl2N4O3/c1-34-19-7-5-18(6-8-19)31-15-17(14-23(31)32)28-25(33)30-12-11-29-10-2-3-22(29)24(30)20-9-4-16(26)13-21(20)27/h2-10,13,17,24H,11-12,14-15H2,1H3,(H,28,33). The normalized spacial score (nSPS) is 19.8. The number of halogens is 2. The number of nitrogens with one attached hydrogen (secondary N) is 1. The molecule has 34 heavy (non-hydrogen) atoms. The number of fused-ring (bicyclic) bond motifs is 1. The van der Waals surface area contributed by atoms with Crippen LogP contribution in [0.1, 0.15) is 23.7 Å². The maximum atomic E-state index is 13.5. The van der Waals surface area contributed by atoms with Crippen molar-refractivity contribution in [1.29, 1.82) is 0 Å². The quantitative estimate of drug-likeness (QED) is 0.565. The lowest BCUT2D eigenvalue weighted by Gasteiger charge is -2.38. The average Bonchev–Trinajstić information content (AvgIpc) is 3.45. The van der Waals surface area contributed by atoms with Crippen molar-refractivity contribution in [3.63, 3.8) is 0 Å². The molecule has 0 radical (unpaired) electrons. The third-order valence-electron chi connectivity index (χ3n) is 6.39. The monoisotopic (exact) mass is 498 g/mol. The molecule has 7 nitrogen and oxygen atoms in total. The number of aromatic nitrogens is 1. The Bertz CT molecular complexity index is 1230. The summed E-state index contributed by atoms with van der Waals surface area (Å²) in [7, 11) is 1.60. The Kier molecular flexibility index (Phi) is 6.15. The number of anilines is 1. The molecule has 176 valence electrons. The molecule has 0 bridgehead atoms. The van der Waals surface area contributed by atoms with Crippen molar-refractivity contribution in [1.82, 2.24) is 14.8 Å². The van der Waals surface area contributed by atoms with Crippen molar-refractivity contribution >= 4 is 40.8 Å². The first-order chi connectivity index (χ1) is 16.4. The molecular formula is C25H24Cl2N4O3. The summed E-state index contributed by atoms with van der Waals surface area (Å²) < 4.78 is 7.32. The smallest absolute Gasteiger partial charge is 0.318 e. The molecule has 0 saturated carbocycles. The molecule has 1 aromatic heterocycles. The molecule has 1 saturated heterocycles. The molecular weight excluding hydrogens is 475 g/mol. The number of carbonyl (C=O) groups is 2. The number of rotatable bonds is 4. The molecule has 2 aromatic carbocycles. The van der Waals surface area contributed by atoms with Crippen LogP contribution in [-0.2, 0) is 11.3 Å². The third-order valence-corrected chi connectivity index (χ3v) is 6.96. The number of hydrogen-bond acceptors (Lipinski definition) is 3. The van der Waals surface area contributed by atoms with Crippen LogP contribution in [0.25, 0.3) is 0 Å². The van der Waals surface area contributed by atoms with Gasteiger partial charge in [-0.25, -0.2) is 4.79 Å². The van der Waals surface area contributed by atoms with Crippen LogP contribution in [0.5, 0.6) is 5.75 Å². The Balaban J connectivity index is 1.35. The fraction of sp³-hybridized carbons (Fsp3) is 0.280. The minimum Gasteiger partial charge on any atom is -0.497 e. The molecule has 2 aliphatic heterocycles. The van der Waals surface area contributed by atoms with E-state index in [0.717, 1.165) is 22.7 Å². The second kappa shape index (κ2) is 9.24. The molecule has 1 N–H and O–H groups in total. The van der Waals surface area contributed by atoms with E-state index in [1.165, 1.54) is 0 Å². The number of hydrogen-bond donors (Lipinski definition) is 1. The summed E-state index contributed by atoms with van der Waals surface area (Å²) in [5.74, 6) is 0.697. The highest BCUT2D eigenvalue weighted by Gasteiger charge is 2.37. The number of ether oxygens (including phenoxy) is 1. The molecule has 2 unspecified atom stereocenters. The topological polar surface area (TPSA) is 66.8 Å². The molecule has 0 spiro atoms. The van der Waals surface area contributed by atoms with Crippen molar-refractivity contribution in [2.45, 2.75) is 25.0 Å². The molecule has 3 aromatic rings. The lowest BCUT2D eigenvalue weighted by molar-refractivity contribution is -0.117. The number of benzene rings is 2. The first-order valence-electron chi connectivity index (χ1n) is 11.1. The molecule has 3 amide bonds. The minimum absolute atomic E-state index is 0.0275. The summed E-state index contributed by atoms with van der Waals surface area (Å²) in [4.78, 5) is 29.6. The maximum absolute atomic E-state index is 13.5. The first-order valence-corrected chi connectivity index (χ1v) is 11.8. The van der Waals surface area contributed by atoms with Crippen LogP contribution < -0.4 is 15.0 Å². The van der Waals surface area contributed by atoms with E-state index in [-0.39, 0.29) is 30.4 Å². The highest BCUT2D eigenvalue weighted by atomic mass is 35.5. The van der Waals surface area contributed by atoms with Gasteiger partial charge in [-0.2, -0.15) is 0 Å². The summed E-state index contributed by atoms with van der Waals surface area (Å²) in [5.41, 5.74) is 2.57. The highest BCUT2D eigenvalue weighted by Crippen LogP contribution is 2.37. The van der Waals surface area contributed by atoms with Gasteiger partial charge in [-0.1, -0.05) is 29.3 Å². The SMILES string of the molecule is COc1ccc(N2CC(NC(=O)N3CCn4cccc4C3c3ccc(Cl)cc3Cl)CC2=O)cc1. The van der Waals surface area contributed by atoms with E-state index in [1.807, 2.05) is 48.7 Å². The highest BCUT2D eigenvalue weighted by molar-refractivity contribution is 6.35. The van der Waals surface area contributed by atoms with E-state index in [1.54, 1.807) is 29.0 Å². The van der Waals surface area contributed by atoms with Gasteiger partial charge in [0.25, 0.3) is 0 Å². The summed E-state index contributed by atoms with van der Waals surface area (Å²) in [6.07, 6.45) is 2.25. The van der Waals surface area contributed by atoms with Gasteiger partial charge in [-0.05, 0) is 54.1 Å². The van der Waals surface area contributed by atoms with Crippen LogP contribution in [0.2, 0.25) is 10.0 Å². The number of amides is 3. The molecule has 1 fully saturated rings. The average molecular weight is 499 g/mol. The van der Waals surface area contributed by atoms with Gasteiger partial charge < -0.3 is 24.4 Å². The number of urea groups is 1. The molecule has 2 aliphatic rings. The lowest BCUT2D eigenvalue weighted by Crippen LogP contribution is -2.50. The van der Waals surface area contributed by atoms with Crippen LogP contribution in [0.4, 0.5) is 10.5 Å². The molecule has 2 atom stereocenters. The van der Waals surface area contributed by atoms with E-state index in [2.05, 4.69) is 9.88 Å². The zero-order chi connectivity index (χ0) is 23.8. The van der Waals surface area contributed by atoms with E-state index in [9.17, 15) is 9.59 Å². The van der Waals surface area contributed by atoms with Gasteiger partial charge in [0.1, 0.15) is 11.8 Å². The maximum Gasteiger partial charge on any atom is 0.318 e. The lowest BCUT2D eigenvalue weighted by atomic mass is 10.00. The van der Waals surface area contributed by atoms with E-state index in [0.29, 0.717) is 29.7 Å². The first kappa shape index (κ1) is 22.6. The number of methoxy groups -OCH3 is 1. The fourth-order valence-corrected chi connectivity index (χ4v) is 5.24. The summed E-state index contributed by atoms with van der Waals surface area (Å²) in [5, 5.41) is 4.12. The van der Waals surface area contributed by atoms with Crippen molar-refractivity contribution in [3.05, 3.63) is 82.1 Å². The van der Waals surface area contributed by atoms with Gasteiger partial charge in [0.05, 0.1) is 13.2 Å². The zero-order valence-corrected chi connectivity index (χ0v) is 20.1. The minimum atomic E-state index is -0.358. The summed E-state index contributed by atoms with van der Waals surface area (Å²) in [6, 6.07) is 15.8. The van der Waals surface area contributed by atoms with Crippen LogP contribution in [-0.4, -0.2) is 47.6 Å². The second-order valence-electron chi connectivity index (χ2n) is 8.44. The molecule has 9 heteroatoms. The van der Waals surface area contributed by atoms with Gasteiger partial charge in [-0.3, -0.25) is 4.79 Å². The van der Waals surface area contributed by atoms with Gasteiger partial charge in [0.2, 0.25) is 5.91 Å². The number of nitrogens with zero attached hydrogens (tertiary/aromatic N) is 3. The van der Waals surface area contributed by atoms with Gasteiger partial charge >= 0.3 is 6.03 Å². The van der Waals surface area contributed by atoms with Crippen LogP contribution in [0.15, 0.2) is 60.8 Å². The van der Waals surface area contributed by atoms with Crippen molar-refractivity contribution in [3.8, 4) is 5.75 Å². The zero-order valence-electron chi connectivity index (χ0n) is 18.6. The number of carbonyl (C=O) groups excluding carboxylic acids is 2. The summed E-state index contributed by atoms with van der Waals surface area (Å²) >= 11 is 12.7. The van der Waals surface area contributed by atoms with Crippen molar-refractivity contribution < 1.29 is 14.3 Å². The van der Waals surface area contributed by atoms with E-state index in [4.69, 9.17) is 27.9 Å². The molecule has 5 rings (SSSR count). The predicted molar refractivity (Wildman–Crippen MR) is 132 cm³/mol. The Hall–Kier alpha value is -3.16. The van der Waals surface area contributed by atoms with Gasteiger partial charge in [0, 0.05) is 53.7 Å². The Morgan fingerprint density at radius 1 is 1.09 bits per heavy atom. The molecule has 3 heterocycles. The van der Waals surface area contributed by atoms with Gasteiger partial charge in [-0.15, -0.1) is 0 Å². The van der Waals surface area contributed by atoms with Gasteiger partial charge in [0.15, 0.2) is 0 Å². The molecule has 0 aliphatic carbocycles. The fourth-order valence-electron chi connectivity index (χ4n) is 4.73. The van der Waals surface area contributed by atoms with Crippen molar-refractivity contribution in [2.75, 3.05) is 25.1 Å². The largest absolute Gasteiger partial charge is 0.497 e. The third kappa shape index (κ3) is 4.21. The van der Waals surface area contributed by atoms with E-state index >= 15 is 0 Å². The van der Waals surface area contributed by atoms with Crippen molar-refractivity contribution in [2.24, 2.45) is 0 Å². The Morgan fingerprint density at radius 2 is 1.88 bits per heavy atom. The Morgan fingerprint density at radius 3 is 2.62 bits per heavy atom. The second-order valence-corrected chi connectivity index (χ2v) is 9.28. The Labute approximate surface area is 207 Å². The van der Waals surface area contributed by atoms with Crippen LogP contribution in [0, 0.1) is 0 Å². The van der Waals surface area contributed by atoms with Crippen LogP contribution in [0.3, 0.4) is 0 Å². The summed E-state index contributed by atoms with van der Waals surface area (Å²) in [6.45, 7) is 1.60. The van der Waals surface area contributed by atoms with Crippen LogP contribution >= 0.6 is 23.2 Å².